The Morgan fingerprint density at radius 3 is 2.56 bits per heavy atom. The highest BCUT2D eigenvalue weighted by Crippen LogP contribution is 2.36. The van der Waals surface area contributed by atoms with E-state index in [2.05, 4.69) is 36.4 Å². The van der Waals surface area contributed by atoms with Gasteiger partial charge in [0.05, 0.1) is 12.1 Å². The molecule has 0 aromatic heterocycles. The van der Waals surface area contributed by atoms with Crippen molar-refractivity contribution < 1.29 is 14.3 Å². The van der Waals surface area contributed by atoms with Crippen molar-refractivity contribution in [3.05, 3.63) is 58.6 Å². The van der Waals surface area contributed by atoms with Crippen molar-refractivity contribution in [2.75, 3.05) is 34.4 Å². The highest BCUT2D eigenvalue weighted by molar-refractivity contribution is 6.32. The number of nitrogens with one attached hydrogen (secondary N) is 1. The van der Waals surface area contributed by atoms with Crippen LogP contribution in [0.4, 0.5) is 0 Å². The molecule has 2 aromatic rings. The van der Waals surface area contributed by atoms with E-state index in [1.54, 1.807) is 6.07 Å². The van der Waals surface area contributed by atoms with Crippen LogP contribution in [0.5, 0.6) is 11.5 Å². The second kappa shape index (κ2) is 10.2. The van der Waals surface area contributed by atoms with E-state index in [0.29, 0.717) is 23.1 Å². The van der Waals surface area contributed by atoms with Gasteiger partial charge in [-0.25, -0.2) is 0 Å². The van der Waals surface area contributed by atoms with Crippen LogP contribution in [-0.4, -0.2) is 45.2 Å². The molecule has 0 fully saturated rings. The molecule has 0 bridgehead atoms. The number of amides is 1. The predicted molar refractivity (Wildman–Crippen MR) is 107 cm³/mol. The van der Waals surface area contributed by atoms with Gasteiger partial charge in [0.25, 0.3) is 5.91 Å². The van der Waals surface area contributed by atoms with Gasteiger partial charge in [-0.3, -0.25) is 4.79 Å². The van der Waals surface area contributed by atoms with Crippen molar-refractivity contribution in [2.45, 2.75) is 12.6 Å². The van der Waals surface area contributed by atoms with Crippen LogP contribution in [0.25, 0.3) is 0 Å². The number of benzene rings is 2. The maximum atomic E-state index is 10.9. The fourth-order valence-electron chi connectivity index (χ4n) is 2.79. The lowest BCUT2D eigenvalue weighted by Gasteiger charge is -2.25. The molecule has 7 heteroatoms. The average molecular weight is 392 g/mol. The fraction of sp³-hybridized carbons (Fsp3) is 0.350. The molecule has 1 amide bonds. The number of primary amides is 1. The molecule has 3 N–H and O–H groups in total. The Hall–Kier alpha value is -2.28. The Labute approximate surface area is 165 Å². The van der Waals surface area contributed by atoms with E-state index in [-0.39, 0.29) is 12.6 Å². The first-order valence-corrected chi connectivity index (χ1v) is 8.99. The molecule has 0 aliphatic rings. The molecular weight excluding hydrogens is 366 g/mol. The lowest BCUT2D eigenvalue weighted by Crippen LogP contribution is -2.30. The Morgan fingerprint density at radius 2 is 1.96 bits per heavy atom. The minimum Gasteiger partial charge on any atom is -0.493 e. The van der Waals surface area contributed by atoms with Crippen LogP contribution in [0.2, 0.25) is 5.02 Å². The van der Waals surface area contributed by atoms with Crippen LogP contribution < -0.4 is 20.5 Å². The lowest BCUT2D eigenvalue weighted by molar-refractivity contribution is -0.119. The summed E-state index contributed by atoms with van der Waals surface area (Å²) in [5, 5.41) is 3.83. The van der Waals surface area contributed by atoms with Crippen LogP contribution in [-0.2, 0) is 11.3 Å². The second-order valence-corrected chi connectivity index (χ2v) is 6.79. The Balaban J connectivity index is 2.04. The number of hydrogen-bond donors (Lipinski definition) is 2. The topological polar surface area (TPSA) is 76.8 Å². The molecule has 0 aliphatic carbocycles. The molecule has 6 nitrogen and oxygen atoms in total. The van der Waals surface area contributed by atoms with Gasteiger partial charge in [-0.1, -0.05) is 41.9 Å². The van der Waals surface area contributed by atoms with Gasteiger partial charge < -0.3 is 25.4 Å². The monoisotopic (exact) mass is 391 g/mol. The summed E-state index contributed by atoms with van der Waals surface area (Å²) in [6, 6.07) is 14.2. The van der Waals surface area contributed by atoms with Crippen LogP contribution in [0, 0.1) is 0 Å². The molecule has 2 rings (SSSR count). The minimum atomic E-state index is -0.575. The zero-order chi connectivity index (χ0) is 19.8. The quantitative estimate of drug-likeness (QED) is 0.651. The van der Waals surface area contributed by atoms with Crippen molar-refractivity contribution in [1.82, 2.24) is 10.2 Å². The van der Waals surface area contributed by atoms with Gasteiger partial charge in [0.1, 0.15) is 0 Å². The molecule has 0 radical (unpaired) electrons. The summed E-state index contributed by atoms with van der Waals surface area (Å²) in [5.41, 5.74) is 7.32. The van der Waals surface area contributed by atoms with Gasteiger partial charge in [0, 0.05) is 19.1 Å². The molecule has 27 heavy (non-hydrogen) atoms. The summed E-state index contributed by atoms with van der Waals surface area (Å²) in [6.07, 6.45) is 0. The average Bonchev–Trinajstić information content (AvgIpc) is 2.64. The van der Waals surface area contributed by atoms with Gasteiger partial charge in [-0.05, 0) is 37.4 Å². The van der Waals surface area contributed by atoms with Gasteiger partial charge in [0.15, 0.2) is 18.1 Å². The summed E-state index contributed by atoms with van der Waals surface area (Å²) in [6.45, 7) is 1.13. The lowest BCUT2D eigenvalue weighted by atomic mass is 10.1. The number of likely N-dealkylation sites (N-methyl/N-ethyl adjacent to an activating group) is 1. The van der Waals surface area contributed by atoms with Crippen LogP contribution in [0.15, 0.2) is 42.5 Å². The summed E-state index contributed by atoms with van der Waals surface area (Å²) < 4.78 is 10.7. The summed E-state index contributed by atoms with van der Waals surface area (Å²) in [7, 11) is 5.64. The number of rotatable bonds is 10. The summed E-state index contributed by atoms with van der Waals surface area (Å²) in [4.78, 5) is 13.1. The Bertz CT molecular complexity index is 754. The maximum absolute atomic E-state index is 10.9. The van der Waals surface area contributed by atoms with Crippen molar-refractivity contribution in [3.8, 4) is 11.5 Å². The first kappa shape index (κ1) is 21.0. The zero-order valence-electron chi connectivity index (χ0n) is 15.9. The molecule has 0 aliphatic heterocycles. The maximum Gasteiger partial charge on any atom is 0.255 e. The molecule has 1 unspecified atom stereocenters. The van der Waals surface area contributed by atoms with Crippen LogP contribution in [0.1, 0.15) is 17.2 Å². The number of nitrogens with zero attached hydrogens (tertiary/aromatic N) is 1. The van der Waals surface area contributed by atoms with E-state index in [4.69, 9.17) is 26.8 Å². The smallest absolute Gasteiger partial charge is 0.255 e. The van der Waals surface area contributed by atoms with Crippen molar-refractivity contribution >= 4 is 17.5 Å². The number of ether oxygens (including phenoxy) is 2. The summed E-state index contributed by atoms with van der Waals surface area (Å²) >= 11 is 6.29. The highest BCUT2D eigenvalue weighted by Gasteiger charge is 2.15. The SMILES string of the molecule is COc1cc(CNCC(c2ccccc2)N(C)C)cc(Cl)c1OCC(N)=O. The minimum absolute atomic E-state index is 0.252. The van der Waals surface area contributed by atoms with Crippen molar-refractivity contribution in [2.24, 2.45) is 5.73 Å². The molecule has 0 heterocycles. The van der Waals surface area contributed by atoms with E-state index < -0.39 is 5.91 Å². The number of methoxy groups -OCH3 is 1. The largest absolute Gasteiger partial charge is 0.493 e. The van der Waals surface area contributed by atoms with Crippen molar-refractivity contribution in [3.63, 3.8) is 0 Å². The first-order chi connectivity index (χ1) is 12.9. The normalized spacial score (nSPS) is 12.0. The highest BCUT2D eigenvalue weighted by atomic mass is 35.5. The van der Waals surface area contributed by atoms with Crippen molar-refractivity contribution in [1.29, 1.82) is 0 Å². The third-order valence-corrected chi connectivity index (χ3v) is 4.40. The predicted octanol–water partition coefficient (Wildman–Crippen LogP) is 2.61. The Morgan fingerprint density at radius 1 is 1.26 bits per heavy atom. The molecule has 0 saturated heterocycles. The first-order valence-electron chi connectivity index (χ1n) is 8.62. The third kappa shape index (κ3) is 6.13. The third-order valence-electron chi connectivity index (χ3n) is 4.12. The van der Waals surface area contributed by atoms with Gasteiger partial charge in [0.2, 0.25) is 0 Å². The zero-order valence-corrected chi connectivity index (χ0v) is 16.6. The van der Waals surface area contributed by atoms with Gasteiger partial charge in [-0.15, -0.1) is 0 Å². The van der Waals surface area contributed by atoms with Gasteiger partial charge >= 0.3 is 0 Å². The summed E-state index contributed by atoms with van der Waals surface area (Å²) in [5.74, 6) is 0.208. The van der Waals surface area contributed by atoms with E-state index >= 15 is 0 Å². The van der Waals surface area contributed by atoms with Crippen LogP contribution >= 0.6 is 11.6 Å². The molecule has 0 saturated carbocycles. The molecular formula is C20H26ClN3O3. The van der Waals surface area contributed by atoms with E-state index in [9.17, 15) is 4.79 Å². The van der Waals surface area contributed by atoms with Crippen LogP contribution in [0.3, 0.4) is 0 Å². The van der Waals surface area contributed by atoms with E-state index in [0.717, 1.165) is 12.1 Å². The van der Waals surface area contributed by atoms with E-state index in [1.807, 2.05) is 24.3 Å². The molecule has 1 atom stereocenters. The standard InChI is InChI=1S/C20H26ClN3O3/c1-24(2)17(15-7-5-4-6-8-15)12-23-11-14-9-16(21)20(18(10-14)26-3)27-13-19(22)25/h4-10,17,23H,11-13H2,1-3H3,(H2,22,25). The number of nitrogens with two attached hydrogens (primary N) is 1. The fourth-order valence-corrected chi connectivity index (χ4v) is 3.07. The molecule has 146 valence electrons. The number of hydrogen-bond acceptors (Lipinski definition) is 5. The Kier molecular flexibility index (Phi) is 7.91. The second-order valence-electron chi connectivity index (χ2n) is 6.39. The number of carbonyl (C=O) groups is 1. The molecule has 0 spiro atoms. The number of halogens is 1. The molecule has 2 aromatic carbocycles. The van der Waals surface area contributed by atoms with E-state index in [1.165, 1.54) is 12.7 Å². The van der Waals surface area contributed by atoms with Gasteiger partial charge in [-0.2, -0.15) is 0 Å². The number of carbonyl (C=O) groups excluding carboxylic acids is 1.